The Morgan fingerprint density at radius 3 is 2.06 bits per heavy atom. The summed E-state index contributed by atoms with van der Waals surface area (Å²) in [5.74, 6) is -1.65. The number of benzene rings is 1. The van der Waals surface area contributed by atoms with Gasteiger partial charge in [-0.15, -0.1) is 0 Å². The van der Waals surface area contributed by atoms with Gasteiger partial charge in [0.15, 0.2) is 0 Å². The quantitative estimate of drug-likeness (QED) is 0.542. The van der Waals surface area contributed by atoms with Crippen LogP contribution in [0.15, 0.2) is 30.3 Å². The molecule has 1 aromatic carbocycles. The fraction of sp³-hybridized carbons (Fsp3) is 0.273. The molecule has 0 aromatic heterocycles. The molecule has 0 radical (unpaired) electrons. The highest BCUT2D eigenvalue weighted by Crippen LogP contribution is 2.00. The molecule has 1 rings (SSSR count). The predicted octanol–water partition coefficient (Wildman–Crippen LogP) is -0.895. The zero-order chi connectivity index (χ0) is 13.3. The first-order valence-corrected chi connectivity index (χ1v) is 4.88. The van der Waals surface area contributed by atoms with Gasteiger partial charge in [0.2, 0.25) is 5.91 Å². The summed E-state index contributed by atoms with van der Waals surface area (Å²) in [6.45, 7) is -0.778. The molecule has 0 aliphatic heterocycles. The number of aliphatic hydroxyl groups is 1. The van der Waals surface area contributed by atoms with Crippen LogP contribution in [0.4, 0.5) is 0 Å². The number of aliphatic hydroxyl groups excluding tert-OH is 1. The molecule has 0 fully saturated rings. The van der Waals surface area contributed by atoms with Crippen molar-refractivity contribution in [1.29, 1.82) is 0 Å². The van der Waals surface area contributed by atoms with Gasteiger partial charge in [-0.1, -0.05) is 30.3 Å². The molecular formula is C11H16N2O4. The molecule has 0 heterocycles. The third kappa shape index (κ3) is 7.95. The van der Waals surface area contributed by atoms with Crippen LogP contribution in [0.25, 0.3) is 0 Å². The lowest BCUT2D eigenvalue weighted by Crippen LogP contribution is -2.38. The molecule has 6 nitrogen and oxygen atoms in total. The maximum absolute atomic E-state index is 10.6. The molecule has 0 saturated carbocycles. The SMILES string of the molecule is NC(=O)[C@@H](N)Cc1ccccc1.O=C(O)CO. The summed E-state index contributed by atoms with van der Waals surface area (Å²) in [7, 11) is 0. The Labute approximate surface area is 98.9 Å². The molecule has 0 unspecified atom stereocenters. The first-order valence-electron chi connectivity index (χ1n) is 4.88. The molecule has 1 aromatic rings. The fourth-order valence-corrected chi connectivity index (χ4v) is 0.969. The van der Waals surface area contributed by atoms with Gasteiger partial charge in [0.05, 0.1) is 6.04 Å². The number of carboxylic acids is 1. The van der Waals surface area contributed by atoms with E-state index in [-0.39, 0.29) is 0 Å². The highest BCUT2D eigenvalue weighted by molar-refractivity contribution is 5.79. The van der Waals surface area contributed by atoms with Gasteiger partial charge in [-0.05, 0) is 12.0 Å². The van der Waals surface area contributed by atoms with Crippen LogP contribution in [0.2, 0.25) is 0 Å². The van der Waals surface area contributed by atoms with E-state index >= 15 is 0 Å². The van der Waals surface area contributed by atoms with Crippen LogP contribution in [0, 0.1) is 0 Å². The minimum atomic E-state index is -1.19. The Kier molecular flexibility index (Phi) is 7.32. The number of rotatable bonds is 4. The van der Waals surface area contributed by atoms with Crippen molar-refractivity contribution in [2.75, 3.05) is 6.61 Å². The molecule has 6 N–H and O–H groups in total. The smallest absolute Gasteiger partial charge is 0.329 e. The van der Waals surface area contributed by atoms with Crippen molar-refractivity contribution in [3.63, 3.8) is 0 Å². The molecule has 1 amide bonds. The molecule has 0 spiro atoms. The molecule has 1 atom stereocenters. The van der Waals surface area contributed by atoms with E-state index in [4.69, 9.17) is 26.5 Å². The molecular weight excluding hydrogens is 224 g/mol. The van der Waals surface area contributed by atoms with Crippen LogP contribution in [0.3, 0.4) is 0 Å². The van der Waals surface area contributed by atoms with E-state index in [2.05, 4.69) is 0 Å². The Hall–Kier alpha value is -1.92. The molecule has 0 saturated heterocycles. The zero-order valence-corrected chi connectivity index (χ0v) is 9.24. The second-order valence-corrected chi connectivity index (χ2v) is 3.25. The predicted molar refractivity (Wildman–Crippen MR) is 62.0 cm³/mol. The minimum absolute atomic E-state index is 0.459. The summed E-state index contributed by atoms with van der Waals surface area (Å²) >= 11 is 0. The van der Waals surface area contributed by atoms with E-state index in [1.54, 1.807) is 0 Å². The number of hydrogen-bond acceptors (Lipinski definition) is 4. The summed E-state index contributed by atoms with van der Waals surface area (Å²) in [5, 5.41) is 15.0. The van der Waals surface area contributed by atoms with Crippen molar-refractivity contribution in [3.05, 3.63) is 35.9 Å². The Balaban J connectivity index is 0.000000437. The van der Waals surface area contributed by atoms with Gasteiger partial charge in [-0.25, -0.2) is 4.79 Å². The third-order valence-corrected chi connectivity index (χ3v) is 1.80. The number of amides is 1. The van der Waals surface area contributed by atoms with E-state index in [0.29, 0.717) is 6.42 Å². The topological polar surface area (TPSA) is 127 Å². The maximum atomic E-state index is 10.6. The number of carboxylic acid groups (broad SMARTS) is 1. The number of carbonyl (C=O) groups excluding carboxylic acids is 1. The first-order chi connectivity index (χ1) is 7.97. The van der Waals surface area contributed by atoms with Gasteiger partial charge in [-0.2, -0.15) is 0 Å². The van der Waals surface area contributed by atoms with E-state index in [1.807, 2.05) is 30.3 Å². The van der Waals surface area contributed by atoms with Crippen molar-refractivity contribution in [3.8, 4) is 0 Å². The van der Waals surface area contributed by atoms with E-state index < -0.39 is 24.5 Å². The van der Waals surface area contributed by atoms with Crippen LogP contribution < -0.4 is 11.5 Å². The first kappa shape index (κ1) is 15.1. The Morgan fingerprint density at radius 2 is 1.71 bits per heavy atom. The maximum Gasteiger partial charge on any atom is 0.329 e. The van der Waals surface area contributed by atoms with Crippen LogP contribution in [-0.2, 0) is 16.0 Å². The van der Waals surface area contributed by atoms with Crippen LogP contribution in [0.5, 0.6) is 0 Å². The van der Waals surface area contributed by atoms with Crippen molar-refractivity contribution < 1.29 is 19.8 Å². The Bertz CT molecular complexity index is 354. The molecule has 0 bridgehead atoms. The summed E-state index contributed by atoms with van der Waals surface area (Å²) in [5.41, 5.74) is 11.5. The number of aliphatic carboxylic acids is 1. The second-order valence-electron chi connectivity index (χ2n) is 3.25. The molecule has 6 heteroatoms. The third-order valence-electron chi connectivity index (χ3n) is 1.80. The van der Waals surface area contributed by atoms with Crippen molar-refractivity contribution >= 4 is 11.9 Å². The van der Waals surface area contributed by atoms with E-state index in [9.17, 15) is 4.79 Å². The van der Waals surface area contributed by atoms with Gasteiger partial charge in [-0.3, -0.25) is 4.79 Å². The monoisotopic (exact) mass is 240 g/mol. The van der Waals surface area contributed by atoms with Crippen molar-refractivity contribution in [2.45, 2.75) is 12.5 Å². The number of hydrogen-bond donors (Lipinski definition) is 4. The lowest BCUT2D eigenvalue weighted by molar-refractivity contribution is -0.140. The minimum Gasteiger partial charge on any atom is -0.480 e. The van der Waals surface area contributed by atoms with Gasteiger partial charge < -0.3 is 21.7 Å². The van der Waals surface area contributed by atoms with Crippen LogP contribution in [0.1, 0.15) is 5.56 Å². The van der Waals surface area contributed by atoms with Crippen LogP contribution >= 0.6 is 0 Å². The lowest BCUT2D eigenvalue weighted by atomic mass is 10.1. The van der Waals surface area contributed by atoms with Gasteiger partial charge in [0.25, 0.3) is 0 Å². The summed E-state index contributed by atoms with van der Waals surface area (Å²) < 4.78 is 0. The number of nitrogens with two attached hydrogens (primary N) is 2. The highest BCUT2D eigenvalue weighted by Gasteiger charge is 2.08. The highest BCUT2D eigenvalue weighted by atomic mass is 16.4. The second kappa shape index (κ2) is 8.26. The van der Waals surface area contributed by atoms with Gasteiger partial charge in [0.1, 0.15) is 6.61 Å². The average Bonchev–Trinajstić information content (AvgIpc) is 2.31. The molecule has 17 heavy (non-hydrogen) atoms. The lowest BCUT2D eigenvalue weighted by Gasteiger charge is -2.06. The summed E-state index contributed by atoms with van der Waals surface area (Å²) in [6, 6.07) is 8.99. The number of carbonyl (C=O) groups is 2. The molecule has 0 aliphatic carbocycles. The van der Waals surface area contributed by atoms with Gasteiger partial charge in [0, 0.05) is 0 Å². The average molecular weight is 240 g/mol. The van der Waals surface area contributed by atoms with Crippen LogP contribution in [-0.4, -0.2) is 34.7 Å². The number of primary amides is 1. The normalized spacial score (nSPS) is 10.9. The van der Waals surface area contributed by atoms with E-state index in [0.717, 1.165) is 5.56 Å². The molecule has 94 valence electrons. The standard InChI is InChI=1S/C9H12N2O.C2H4O3/c10-8(9(11)12)6-7-4-2-1-3-5-7;3-1-2(4)5/h1-5,8H,6,10H2,(H2,11,12);3H,1H2,(H,4,5)/t8-;/m0./s1. The summed E-state index contributed by atoms with van der Waals surface area (Å²) in [4.78, 5) is 19.7. The fourth-order valence-electron chi connectivity index (χ4n) is 0.969. The van der Waals surface area contributed by atoms with Gasteiger partial charge >= 0.3 is 5.97 Å². The zero-order valence-electron chi connectivity index (χ0n) is 9.24. The van der Waals surface area contributed by atoms with E-state index in [1.165, 1.54) is 0 Å². The van der Waals surface area contributed by atoms with Crippen molar-refractivity contribution in [1.82, 2.24) is 0 Å². The summed E-state index contributed by atoms with van der Waals surface area (Å²) in [6.07, 6.45) is 0.510. The molecule has 0 aliphatic rings. The van der Waals surface area contributed by atoms with Crippen molar-refractivity contribution in [2.24, 2.45) is 11.5 Å². The Morgan fingerprint density at radius 1 is 1.24 bits per heavy atom. The largest absolute Gasteiger partial charge is 0.480 e.